The number of hydrogen-bond donors (Lipinski definition) is 2. The largest absolute Gasteiger partial charge is 0.391 e. The number of nitrogens with one attached hydrogen (secondary N) is 1. The highest BCUT2D eigenvalue weighted by molar-refractivity contribution is 4.82. The summed E-state index contributed by atoms with van der Waals surface area (Å²) in [7, 11) is 4.00. The molecule has 1 heterocycles. The Labute approximate surface area is 62.0 Å². The standard InChI is InChI=1S/C7H16N2O/c1-9(2)6-5-8-4-3-7(6)10/h6-8,10H,3-5H2,1-2H3/t6-,7-/m0/s1. The zero-order valence-electron chi connectivity index (χ0n) is 6.67. The van der Waals surface area contributed by atoms with Gasteiger partial charge in [-0.2, -0.15) is 0 Å². The van der Waals surface area contributed by atoms with E-state index in [1.54, 1.807) is 0 Å². The summed E-state index contributed by atoms with van der Waals surface area (Å²) in [6.07, 6.45) is 0.735. The molecule has 0 bridgehead atoms. The average Bonchev–Trinajstić information content (AvgIpc) is 1.88. The van der Waals surface area contributed by atoms with Crippen LogP contribution in [0.4, 0.5) is 0 Å². The van der Waals surface area contributed by atoms with Crippen LogP contribution in [-0.4, -0.2) is 49.3 Å². The van der Waals surface area contributed by atoms with Crippen LogP contribution in [0.2, 0.25) is 0 Å². The van der Waals surface area contributed by atoms with Crippen molar-refractivity contribution in [3.8, 4) is 0 Å². The lowest BCUT2D eigenvalue weighted by Gasteiger charge is -2.33. The van der Waals surface area contributed by atoms with Gasteiger partial charge in [0.25, 0.3) is 0 Å². The molecule has 0 aromatic rings. The van der Waals surface area contributed by atoms with E-state index in [2.05, 4.69) is 10.2 Å². The lowest BCUT2D eigenvalue weighted by Crippen LogP contribution is -2.51. The van der Waals surface area contributed by atoms with E-state index in [0.717, 1.165) is 19.5 Å². The summed E-state index contributed by atoms with van der Waals surface area (Å²) in [5.41, 5.74) is 0. The first-order valence-electron chi connectivity index (χ1n) is 3.77. The molecule has 1 rings (SSSR count). The molecule has 1 saturated heterocycles. The van der Waals surface area contributed by atoms with Crippen LogP contribution < -0.4 is 5.32 Å². The molecule has 2 atom stereocenters. The van der Waals surface area contributed by atoms with Gasteiger partial charge in [0.05, 0.1) is 6.10 Å². The number of hydrogen-bond acceptors (Lipinski definition) is 3. The Bertz CT molecular complexity index is 106. The van der Waals surface area contributed by atoms with E-state index in [1.807, 2.05) is 14.1 Å². The Morgan fingerprint density at radius 2 is 2.20 bits per heavy atom. The molecule has 1 aliphatic rings. The van der Waals surface area contributed by atoms with Gasteiger partial charge in [-0.15, -0.1) is 0 Å². The first kappa shape index (κ1) is 7.98. The van der Waals surface area contributed by atoms with E-state index in [0.29, 0.717) is 6.04 Å². The van der Waals surface area contributed by atoms with Crippen molar-refractivity contribution in [1.29, 1.82) is 0 Å². The molecule has 0 aromatic carbocycles. The maximum Gasteiger partial charge on any atom is 0.0719 e. The van der Waals surface area contributed by atoms with E-state index < -0.39 is 0 Å². The molecule has 0 radical (unpaired) electrons. The summed E-state index contributed by atoms with van der Waals surface area (Å²) >= 11 is 0. The van der Waals surface area contributed by atoms with Crippen molar-refractivity contribution in [3.05, 3.63) is 0 Å². The molecule has 0 aliphatic carbocycles. The Balaban J connectivity index is 2.40. The Hall–Kier alpha value is -0.120. The molecule has 2 N–H and O–H groups in total. The highest BCUT2D eigenvalue weighted by Gasteiger charge is 2.23. The zero-order chi connectivity index (χ0) is 7.56. The van der Waals surface area contributed by atoms with E-state index in [1.165, 1.54) is 0 Å². The maximum absolute atomic E-state index is 9.46. The Kier molecular flexibility index (Phi) is 2.65. The maximum atomic E-state index is 9.46. The van der Waals surface area contributed by atoms with Crippen molar-refractivity contribution < 1.29 is 5.11 Å². The highest BCUT2D eigenvalue weighted by Crippen LogP contribution is 2.07. The third kappa shape index (κ3) is 1.68. The number of likely N-dealkylation sites (N-methyl/N-ethyl adjacent to an activating group) is 1. The predicted molar refractivity (Wildman–Crippen MR) is 41.0 cm³/mol. The normalized spacial score (nSPS) is 34.8. The van der Waals surface area contributed by atoms with Crippen LogP contribution in [-0.2, 0) is 0 Å². The van der Waals surface area contributed by atoms with Gasteiger partial charge in [0.1, 0.15) is 0 Å². The van der Waals surface area contributed by atoms with Crippen LogP contribution in [0.15, 0.2) is 0 Å². The minimum atomic E-state index is -0.142. The van der Waals surface area contributed by atoms with Gasteiger partial charge in [0.15, 0.2) is 0 Å². The summed E-state index contributed by atoms with van der Waals surface area (Å²) in [6, 6.07) is 0.300. The topological polar surface area (TPSA) is 35.5 Å². The monoisotopic (exact) mass is 144 g/mol. The fourth-order valence-electron chi connectivity index (χ4n) is 1.36. The molecular formula is C7H16N2O. The minimum absolute atomic E-state index is 0.142. The van der Waals surface area contributed by atoms with Gasteiger partial charge >= 0.3 is 0 Å². The van der Waals surface area contributed by atoms with Gasteiger partial charge in [-0.3, -0.25) is 0 Å². The van der Waals surface area contributed by atoms with Crippen LogP contribution in [0, 0.1) is 0 Å². The number of nitrogens with zero attached hydrogens (tertiary/aromatic N) is 1. The molecule has 0 amide bonds. The van der Waals surface area contributed by atoms with E-state index in [9.17, 15) is 5.11 Å². The van der Waals surface area contributed by atoms with Crippen molar-refractivity contribution in [2.45, 2.75) is 18.6 Å². The summed E-state index contributed by atoms with van der Waals surface area (Å²) < 4.78 is 0. The lowest BCUT2D eigenvalue weighted by atomic mass is 10.0. The van der Waals surface area contributed by atoms with E-state index in [-0.39, 0.29) is 6.10 Å². The molecule has 60 valence electrons. The first-order valence-corrected chi connectivity index (χ1v) is 3.77. The molecule has 0 saturated carbocycles. The van der Waals surface area contributed by atoms with Gasteiger partial charge in [0.2, 0.25) is 0 Å². The number of rotatable bonds is 1. The van der Waals surface area contributed by atoms with Gasteiger partial charge in [-0.05, 0) is 27.1 Å². The third-order valence-electron chi connectivity index (χ3n) is 2.08. The van der Waals surface area contributed by atoms with Crippen LogP contribution in [0.5, 0.6) is 0 Å². The van der Waals surface area contributed by atoms with Gasteiger partial charge in [-0.25, -0.2) is 0 Å². The molecule has 0 spiro atoms. The second-order valence-electron chi connectivity index (χ2n) is 3.09. The molecule has 3 heteroatoms. The molecule has 10 heavy (non-hydrogen) atoms. The third-order valence-corrected chi connectivity index (χ3v) is 2.08. The second kappa shape index (κ2) is 3.32. The number of piperidine rings is 1. The first-order chi connectivity index (χ1) is 4.72. The van der Waals surface area contributed by atoms with Crippen molar-refractivity contribution in [1.82, 2.24) is 10.2 Å². The molecule has 1 aliphatic heterocycles. The SMILES string of the molecule is CN(C)[C@H]1CNCC[C@@H]1O. The zero-order valence-corrected chi connectivity index (χ0v) is 6.67. The fraction of sp³-hybridized carbons (Fsp3) is 1.00. The van der Waals surface area contributed by atoms with E-state index in [4.69, 9.17) is 0 Å². The minimum Gasteiger partial charge on any atom is -0.391 e. The Morgan fingerprint density at radius 1 is 1.50 bits per heavy atom. The molecule has 0 unspecified atom stereocenters. The smallest absolute Gasteiger partial charge is 0.0719 e. The molecule has 1 fully saturated rings. The second-order valence-corrected chi connectivity index (χ2v) is 3.09. The molecular weight excluding hydrogens is 128 g/mol. The van der Waals surface area contributed by atoms with Crippen molar-refractivity contribution in [3.63, 3.8) is 0 Å². The number of aliphatic hydroxyl groups excluding tert-OH is 1. The van der Waals surface area contributed by atoms with Crippen molar-refractivity contribution in [2.75, 3.05) is 27.2 Å². The van der Waals surface area contributed by atoms with Gasteiger partial charge < -0.3 is 15.3 Å². The van der Waals surface area contributed by atoms with Gasteiger partial charge in [-0.1, -0.05) is 0 Å². The van der Waals surface area contributed by atoms with Crippen LogP contribution in [0.3, 0.4) is 0 Å². The average molecular weight is 144 g/mol. The van der Waals surface area contributed by atoms with Crippen molar-refractivity contribution >= 4 is 0 Å². The van der Waals surface area contributed by atoms with Gasteiger partial charge in [0, 0.05) is 12.6 Å². The summed E-state index contributed by atoms with van der Waals surface area (Å²) in [5, 5.41) is 12.7. The number of aliphatic hydroxyl groups is 1. The summed E-state index contributed by atoms with van der Waals surface area (Å²) in [4.78, 5) is 2.07. The van der Waals surface area contributed by atoms with Crippen LogP contribution in [0.25, 0.3) is 0 Å². The lowest BCUT2D eigenvalue weighted by molar-refractivity contribution is 0.0523. The van der Waals surface area contributed by atoms with Crippen LogP contribution in [0.1, 0.15) is 6.42 Å². The summed E-state index contributed by atoms with van der Waals surface area (Å²) in [5.74, 6) is 0. The summed E-state index contributed by atoms with van der Waals surface area (Å²) in [6.45, 7) is 1.86. The Morgan fingerprint density at radius 3 is 2.60 bits per heavy atom. The predicted octanol–water partition coefficient (Wildman–Crippen LogP) is -0.729. The molecule has 3 nitrogen and oxygen atoms in total. The highest BCUT2D eigenvalue weighted by atomic mass is 16.3. The molecule has 0 aromatic heterocycles. The quantitative estimate of drug-likeness (QED) is 0.509. The van der Waals surface area contributed by atoms with Crippen molar-refractivity contribution in [2.24, 2.45) is 0 Å². The van der Waals surface area contributed by atoms with Crippen LogP contribution >= 0.6 is 0 Å². The van der Waals surface area contributed by atoms with E-state index >= 15 is 0 Å². The fourth-order valence-corrected chi connectivity index (χ4v) is 1.36.